The minimum Gasteiger partial charge on any atom is -0.497 e. The Morgan fingerprint density at radius 3 is 2.75 bits per heavy atom. The number of carboxylic acid groups (broad SMARTS) is 1. The molecule has 1 rings (SSSR count). The number of hydrogen-bond donors (Lipinski definition) is 2. The van der Waals surface area contributed by atoms with Gasteiger partial charge in [-0.3, -0.25) is 9.59 Å². The number of methoxy groups -OCH3 is 1. The Hall–Kier alpha value is -2.04. The summed E-state index contributed by atoms with van der Waals surface area (Å²) >= 11 is 0. The predicted octanol–water partition coefficient (Wildman–Crippen LogP) is 2.00. The normalized spacial score (nSPS) is 11.7. The van der Waals surface area contributed by atoms with Gasteiger partial charge in [-0.25, -0.2) is 0 Å². The van der Waals surface area contributed by atoms with Crippen molar-refractivity contribution in [3.63, 3.8) is 0 Å². The van der Waals surface area contributed by atoms with Crippen molar-refractivity contribution >= 4 is 11.9 Å². The number of aryl methyl sites for hydroxylation is 1. The van der Waals surface area contributed by atoms with Gasteiger partial charge in [0.25, 0.3) is 0 Å². The molecule has 2 N–H and O–H groups in total. The number of ether oxygens (including phenoxy) is 1. The summed E-state index contributed by atoms with van der Waals surface area (Å²) in [6.07, 6.45) is 1.52. The summed E-state index contributed by atoms with van der Waals surface area (Å²) in [7, 11) is 1.61. The van der Waals surface area contributed by atoms with Gasteiger partial charge in [-0.1, -0.05) is 12.1 Å². The van der Waals surface area contributed by atoms with Crippen LogP contribution in [0.3, 0.4) is 0 Å². The van der Waals surface area contributed by atoms with Gasteiger partial charge in [0, 0.05) is 18.9 Å². The zero-order valence-corrected chi connectivity index (χ0v) is 11.9. The summed E-state index contributed by atoms with van der Waals surface area (Å²) in [6, 6.07) is 7.48. The number of hydrogen-bond acceptors (Lipinski definition) is 3. The average molecular weight is 279 g/mol. The van der Waals surface area contributed by atoms with Crippen molar-refractivity contribution in [1.29, 1.82) is 0 Å². The lowest BCUT2D eigenvalue weighted by atomic mass is 10.1. The van der Waals surface area contributed by atoms with Crippen molar-refractivity contribution in [3.8, 4) is 5.75 Å². The van der Waals surface area contributed by atoms with Crippen molar-refractivity contribution in [2.45, 2.75) is 38.6 Å². The van der Waals surface area contributed by atoms with Gasteiger partial charge in [-0.2, -0.15) is 0 Å². The highest BCUT2D eigenvalue weighted by atomic mass is 16.5. The number of rotatable bonds is 8. The number of carbonyl (C=O) groups is 2. The molecule has 0 fully saturated rings. The van der Waals surface area contributed by atoms with Gasteiger partial charge >= 0.3 is 5.97 Å². The first-order valence-electron chi connectivity index (χ1n) is 6.65. The summed E-state index contributed by atoms with van der Waals surface area (Å²) in [5, 5.41) is 11.4. The van der Waals surface area contributed by atoms with Gasteiger partial charge in [0.1, 0.15) is 5.75 Å². The van der Waals surface area contributed by atoms with E-state index in [1.165, 1.54) is 0 Å². The maximum absolute atomic E-state index is 11.7. The molecule has 0 heterocycles. The first-order valence-corrected chi connectivity index (χ1v) is 6.65. The number of carbonyl (C=O) groups excluding carboxylic acids is 1. The maximum atomic E-state index is 11.7. The molecule has 0 bridgehead atoms. The van der Waals surface area contributed by atoms with Gasteiger partial charge in [0.15, 0.2) is 0 Å². The molecule has 0 aliphatic rings. The van der Waals surface area contributed by atoms with Crippen LogP contribution in [0.1, 0.15) is 31.7 Å². The van der Waals surface area contributed by atoms with Crippen LogP contribution in [0.4, 0.5) is 0 Å². The molecule has 0 saturated carbocycles. The highest BCUT2D eigenvalue weighted by Gasteiger charge is 2.09. The smallest absolute Gasteiger partial charge is 0.303 e. The second-order valence-corrected chi connectivity index (χ2v) is 4.75. The summed E-state index contributed by atoms with van der Waals surface area (Å²) < 4.78 is 5.12. The maximum Gasteiger partial charge on any atom is 0.303 e. The van der Waals surface area contributed by atoms with Crippen LogP contribution in [0.2, 0.25) is 0 Å². The van der Waals surface area contributed by atoms with Crippen molar-refractivity contribution in [2.75, 3.05) is 7.11 Å². The average Bonchev–Trinajstić information content (AvgIpc) is 2.43. The third-order valence-corrected chi connectivity index (χ3v) is 2.97. The van der Waals surface area contributed by atoms with Crippen LogP contribution < -0.4 is 10.1 Å². The summed E-state index contributed by atoms with van der Waals surface area (Å²) in [6.45, 7) is 1.81. The monoisotopic (exact) mass is 279 g/mol. The molecule has 110 valence electrons. The van der Waals surface area contributed by atoms with E-state index in [0.717, 1.165) is 11.3 Å². The van der Waals surface area contributed by atoms with Crippen molar-refractivity contribution in [1.82, 2.24) is 5.32 Å². The molecule has 0 saturated heterocycles. The number of amides is 1. The van der Waals surface area contributed by atoms with Crippen LogP contribution in [0.5, 0.6) is 5.75 Å². The molecule has 0 spiro atoms. The Morgan fingerprint density at radius 1 is 1.35 bits per heavy atom. The highest BCUT2D eigenvalue weighted by molar-refractivity contribution is 5.76. The molecule has 1 aromatic rings. The van der Waals surface area contributed by atoms with Gasteiger partial charge in [0.2, 0.25) is 5.91 Å². The predicted molar refractivity (Wildman–Crippen MR) is 75.8 cm³/mol. The minimum atomic E-state index is -0.845. The fourth-order valence-corrected chi connectivity index (χ4v) is 1.84. The lowest BCUT2D eigenvalue weighted by Crippen LogP contribution is -2.33. The van der Waals surface area contributed by atoms with Crippen molar-refractivity contribution in [2.24, 2.45) is 0 Å². The largest absolute Gasteiger partial charge is 0.497 e. The fraction of sp³-hybridized carbons (Fsp3) is 0.467. The topological polar surface area (TPSA) is 75.6 Å². The number of nitrogens with one attached hydrogen (secondary N) is 1. The number of carboxylic acids is 1. The van der Waals surface area contributed by atoms with Gasteiger partial charge in [-0.05, 0) is 37.5 Å². The van der Waals surface area contributed by atoms with Gasteiger partial charge in [-0.15, -0.1) is 0 Å². The Morgan fingerprint density at radius 2 is 2.10 bits per heavy atom. The summed E-state index contributed by atoms with van der Waals surface area (Å²) in [5.41, 5.74) is 1.04. The third-order valence-electron chi connectivity index (χ3n) is 2.97. The van der Waals surface area contributed by atoms with E-state index in [1.54, 1.807) is 7.11 Å². The Balaban J connectivity index is 2.33. The summed E-state index contributed by atoms with van der Waals surface area (Å²) in [4.78, 5) is 22.2. The second kappa shape index (κ2) is 8.19. The third kappa shape index (κ3) is 6.22. The molecule has 0 aliphatic carbocycles. The van der Waals surface area contributed by atoms with E-state index < -0.39 is 5.97 Å². The second-order valence-electron chi connectivity index (χ2n) is 4.75. The van der Waals surface area contributed by atoms with Gasteiger partial charge < -0.3 is 15.2 Å². The first kappa shape index (κ1) is 16.0. The quantitative estimate of drug-likeness (QED) is 0.763. The van der Waals surface area contributed by atoms with Crippen LogP contribution >= 0.6 is 0 Å². The van der Waals surface area contributed by atoms with Crippen LogP contribution in [0.15, 0.2) is 24.3 Å². The molecular weight excluding hydrogens is 258 g/mol. The van der Waals surface area contributed by atoms with E-state index in [0.29, 0.717) is 19.3 Å². The Labute approximate surface area is 118 Å². The lowest BCUT2D eigenvalue weighted by molar-refractivity contribution is -0.137. The van der Waals surface area contributed by atoms with E-state index in [4.69, 9.17) is 9.84 Å². The van der Waals surface area contributed by atoms with Crippen molar-refractivity contribution < 1.29 is 19.4 Å². The Kier molecular flexibility index (Phi) is 6.56. The first-order chi connectivity index (χ1) is 9.51. The SMILES string of the molecule is COc1cccc(CCC(=O)NC(C)CCC(=O)O)c1. The molecule has 0 aromatic heterocycles. The van der Waals surface area contributed by atoms with Crippen LogP contribution in [-0.4, -0.2) is 30.1 Å². The van der Waals surface area contributed by atoms with Crippen LogP contribution in [0.25, 0.3) is 0 Å². The van der Waals surface area contributed by atoms with E-state index in [2.05, 4.69) is 5.32 Å². The minimum absolute atomic E-state index is 0.0642. The molecular formula is C15H21NO4. The molecule has 0 aliphatic heterocycles. The Bertz CT molecular complexity index is 459. The molecule has 5 nitrogen and oxygen atoms in total. The zero-order chi connectivity index (χ0) is 15.0. The van der Waals surface area contributed by atoms with Crippen LogP contribution in [-0.2, 0) is 16.0 Å². The van der Waals surface area contributed by atoms with E-state index in [9.17, 15) is 9.59 Å². The molecule has 0 radical (unpaired) electrons. The number of aliphatic carboxylic acids is 1. The molecule has 1 unspecified atom stereocenters. The molecule has 20 heavy (non-hydrogen) atoms. The van der Waals surface area contributed by atoms with E-state index >= 15 is 0 Å². The highest BCUT2D eigenvalue weighted by Crippen LogP contribution is 2.13. The molecule has 1 amide bonds. The van der Waals surface area contributed by atoms with E-state index in [1.807, 2.05) is 31.2 Å². The zero-order valence-electron chi connectivity index (χ0n) is 11.9. The summed E-state index contributed by atoms with van der Waals surface area (Å²) in [5.74, 6) is -0.133. The van der Waals surface area contributed by atoms with Gasteiger partial charge in [0.05, 0.1) is 7.11 Å². The molecule has 1 aromatic carbocycles. The van der Waals surface area contributed by atoms with Crippen LogP contribution in [0, 0.1) is 0 Å². The van der Waals surface area contributed by atoms with E-state index in [-0.39, 0.29) is 18.4 Å². The lowest BCUT2D eigenvalue weighted by Gasteiger charge is -2.12. The fourth-order valence-electron chi connectivity index (χ4n) is 1.84. The molecule has 1 atom stereocenters. The van der Waals surface area contributed by atoms with Crippen molar-refractivity contribution in [3.05, 3.63) is 29.8 Å². The number of benzene rings is 1. The standard InChI is InChI=1S/C15H21NO4/c1-11(6-9-15(18)19)16-14(17)8-7-12-4-3-5-13(10-12)20-2/h3-5,10-11H,6-9H2,1-2H3,(H,16,17)(H,18,19). The molecule has 5 heteroatoms.